The molecule has 0 spiro atoms. The van der Waals surface area contributed by atoms with Crippen LogP contribution >= 0.6 is 0 Å². The maximum Gasteiger partial charge on any atom is 0.143 e. The Morgan fingerprint density at radius 1 is 0.600 bits per heavy atom. The number of methoxy groups -OCH3 is 1. The van der Waals surface area contributed by atoms with Gasteiger partial charge in [-0.05, 0) is 41.3 Å². The molecule has 0 unspecified atom stereocenters. The van der Waals surface area contributed by atoms with Gasteiger partial charge in [-0.3, -0.25) is 0 Å². The molecule has 0 aliphatic carbocycles. The van der Waals surface area contributed by atoms with E-state index in [4.69, 9.17) is 9.47 Å². The molecule has 4 aromatic rings. The van der Waals surface area contributed by atoms with Gasteiger partial charge in [-0.25, -0.2) is 0 Å². The molecule has 0 N–H and O–H groups in total. The van der Waals surface area contributed by atoms with Crippen LogP contribution in [-0.4, -0.2) is 7.11 Å². The molecular weight excluding hydrogens is 308 g/mol. The largest absolute Gasteiger partial charge is 0.497 e. The Hall–Kier alpha value is -3.26. The average Bonchev–Trinajstić information content (AvgIpc) is 2.69. The van der Waals surface area contributed by atoms with E-state index >= 15 is 0 Å². The highest BCUT2D eigenvalue weighted by molar-refractivity contribution is 5.95. The highest BCUT2D eigenvalue weighted by Crippen LogP contribution is 2.39. The summed E-state index contributed by atoms with van der Waals surface area (Å²) in [5.41, 5.74) is 2.16. The third-order valence-electron chi connectivity index (χ3n) is 4.24. The normalized spacial score (nSPS) is 10.6. The number of ether oxygens (including phenoxy) is 2. The van der Waals surface area contributed by atoms with E-state index in [1.54, 1.807) is 7.11 Å². The lowest BCUT2D eigenvalue weighted by Gasteiger charge is -2.15. The predicted octanol–water partition coefficient (Wildman–Crippen LogP) is 6.31. The molecule has 0 bridgehead atoms. The number of fused-ring (bicyclic) bond motifs is 1. The highest BCUT2D eigenvalue weighted by atomic mass is 16.5. The van der Waals surface area contributed by atoms with Crippen molar-refractivity contribution in [3.8, 4) is 28.4 Å². The van der Waals surface area contributed by atoms with Gasteiger partial charge in [0.1, 0.15) is 17.2 Å². The second-order valence-electron chi connectivity index (χ2n) is 5.81. The Balaban J connectivity index is 1.89. The van der Waals surface area contributed by atoms with Crippen LogP contribution in [0.1, 0.15) is 0 Å². The summed E-state index contributed by atoms with van der Waals surface area (Å²) in [6, 6.07) is 30.5. The number of para-hydroxylation sites is 1. The van der Waals surface area contributed by atoms with Gasteiger partial charge in [0.15, 0.2) is 0 Å². The zero-order valence-electron chi connectivity index (χ0n) is 14.0. The molecule has 0 aliphatic rings. The van der Waals surface area contributed by atoms with E-state index in [1.807, 2.05) is 54.6 Å². The molecule has 0 aliphatic heterocycles. The summed E-state index contributed by atoms with van der Waals surface area (Å²) in [5.74, 6) is 2.54. The van der Waals surface area contributed by atoms with Crippen LogP contribution in [0.3, 0.4) is 0 Å². The number of benzene rings is 4. The van der Waals surface area contributed by atoms with Crippen molar-refractivity contribution in [1.82, 2.24) is 0 Å². The molecule has 2 heteroatoms. The first-order chi connectivity index (χ1) is 12.3. The molecular formula is C23H18O2. The summed E-state index contributed by atoms with van der Waals surface area (Å²) in [4.78, 5) is 0. The highest BCUT2D eigenvalue weighted by Gasteiger charge is 2.12. The second-order valence-corrected chi connectivity index (χ2v) is 5.81. The first-order valence-corrected chi connectivity index (χ1v) is 8.24. The van der Waals surface area contributed by atoms with Gasteiger partial charge in [-0.1, -0.05) is 60.7 Å². The van der Waals surface area contributed by atoms with Crippen molar-refractivity contribution in [2.24, 2.45) is 0 Å². The molecule has 0 atom stereocenters. The first-order valence-electron chi connectivity index (χ1n) is 8.24. The van der Waals surface area contributed by atoms with Gasteiger partial charge < -0.3 is 9.47 Å². The van der Waals surface area contributed by atoms with Gasteiger partial charge >= 0.3 is 0 Å². The van der Waals surface area contributed by atoms with E-state index in [-0.39, 0.29) is 0 Å². The molecule has 25 heavy (non-hydrogen) atoms. The fourth-order valence-corrected chi connectivity index (χ4v) is 2.96. The fraction of sp³-hybridized carbons (Fsp3) is 0.0435. The van der Waals surface area contributed by atoms with Gasteiger partial charge in [0.2, 0.25) is 0 Å². The molecule has 0 heterocycles. The van der Waals surface area contributed by atoms with Crippen LogP contribution in [0.4, 0.5) is 0 Å². The summed E-state index contributed by atoms with van der Waals surface area (Å²) < 4.78 is 11.6. The van der Waals surface area contributed by atoms with Crippen LogP contribution in [0, 0.1) is 0 Å². The first kappa shape index (κ1) is 15.3. The summed E-state index contributed by atoms with van der Waals surface area (Å²) >= 11 is 0. The van der Waals surface area contributed by atoms with Crippen molar-refractivity contribution in [3.05, 3.63) is 91.0 Å². The topological polar surface area (TPSA) is 18.5 Å². The van der Waals surface area contributed by atoms with Crippen molar-refractivity contribution in [3.63, 3.8) is 0 Å². The van der Waals surface area contributed by atoms with Crippen molar-refractivity contribution in [2.75, 3.05) is 7.11 Å². The SMILES string of the molecule is COc1ccc(-c2ccc3ccccc3c2Oc2ccccc2)cc1. The average molecular weight is 326 g/mol. The lowest BCUT2D eigenvalue weighted by atomic mass is 9.99. The summed E-state index contributed by atoms with van der Waals surface area (Å²) in [5, 5.41) is 2.25. The smallest absolute Gasteiger partial charge is 0.143 e. The standard InChI is InChI=1S/C23H18O2/c1-24-19-14-11-18(12-15-19)22-16-13-17-7-5-6-10-21(17)23(22)25-20-8-3-2-4-9-20/h2-16H,1H3. The Morgan fingerprint density at radius 3 is 2.08 bits per heavy atom. The zero-order valence-corrected chi connectivity index (χ0v) is 14.0. The van der Waals surface area contributed by atoms with Crippen molar-refractivity contribution in [2.45, 2.75) is 0 Å². The van der Waals surface area contributed by atoms with Gasteiger partial charge in [0.25, 0.3) is 0 Å². The second kappa shape index (κ2) is 6.70. The summed E-state index contributed by atoms with van der Waals surface area (Å²) in [6.45, 7) is 0. The van der Waals surface area contributed by atoms with E-state index in [1.165, 1.54) is 0 Å². The predicted molar refractivity (Wildman–Crippen MR) is 102 cm³/mol. The molecule has 0 radical (unpaired) electrons. The van der Waals surface area contributed by atoms with Crippen LogP contribution in [0.25, 0.3) is 21.9 Å². The fourth-order valence-electron chi connectivity index (χ4n) is 2.96. The summed E-state index contributed by atoms with van der Waals surface area (Å²) in [6.07, 6.45) is 0. The van der Waals surface area contributed by atoms with Crippen LogP contribution in [0.5, 0.6) is 17.2 Å². The van der Waals surface area contributed by atoms with Crippen LogP contribution in [0.2, 0.25) is 0 Å². The monoisotopic (exact) mass is 326 g/mol. The van der Waals surface area contributed by atoms with Crippen LogP contribution in [-0.2, 0) is 0 Å². The quantitative estimate of drug-likeness (QED) is 0.437. The molecule has 2 nitrogen and oxygen atoms in total. The third kappa shape index (κ3) is 3.07. The minimum Gasteiger partial charge on any atom is -0.497 e. The zero-order chi connectivity index (χ0) is 17.1. The van der Waals surface area contributed by atoms with Crippen LogP contribution in [0.15, 0.2) is 91.0 Å². The molecule has 4 aromatic carbocycles. The molecule has 0 saturated carbocycles. The molecule has 0 fully saturated rings. The minimum absolute atomic E-state index is 0.827. The maximum absolute atomic E-state index is 6.30. The van der Waals surface area contributed by atoms with E-state index in [0.29, 0.717) is 0 Å². The summed E-state index contributed by atoms with van der Waals surface area (Å²) in [7, 11) is 1.68. The van der Waals surface area contributed by atoms with Gasteiger partial charge in [-0.2, -0.15) is 0 Å². The Bertz CT molecular complexity index is 989. The Kier molecular flexibility index (Phi) is 4.09. The molecule has 0 amide bonds. The Morgan fingerprint density at radius 2 is 1.32 bits per heavy atom. The molecule has 0 saturated heterocycles. The van der Waals surface area contributed by atoms with Crippen molar-refractivity contribution >= 4 is 10.8 Å². The third-order valence-corrected chi connectivity index (χ3v) is 4.24. The van der Waals surface area contributed by atoms with E-state index < -0.39 is 0 Å². The van der Waals surface area contributed by atoms with E-state index in [0.717, 1.165) is 39.1 Å². The Labute approximate surface area is 147 Å². The lowest BCUT2D eigenvalue weighted by molar-refractivity contribution is 0.415. The van der Waals surface area contributed by atoms with E-state index in [2.05, 4.69) is 36.4 Å². The minimum atomic E-state index is 0.827. The van der Waals surface area contributed by atoms with Crippen LogP contribution < -0.4 is 9.47 Å². The number of hydrogen-bond donors (Lipinski definition) is 0. The van der Waals surface area contributed by atoms with Gasteiger partial charge in [0.05, 0.1) is 7.11 Å². The van der Waals surface area contributed by atoms with Crippen molar-refractivity contribution < 1.29 is 9.47 Å². The molecule has 122 valence electrons. The van der Waals surface area contributed by atoms with E-state index in [9.17, 15) is 0 Å². The maximum atomic E-state index is 6.30. The van der Waals surface area contributed by atoms with Gasteiger partial charge in [-0.15, -0.1) is 0 Å². The lowest BCUT2D eigenvalue weighted by Crippen LogP contribution is -1.91. The van der Waals surface area contributed by atoms with Crippen molar-refractivity contribution in [1.29, 1.82) is 0 Å². The van der Waals surface area contributed by atoms with Gasteiger partial charge in [0, 0.05) is 10.9 Å². The molecule has 0 aromatic heterocycles. The number of hydrogen-bond acceptors (Lipinski definition) is 2. The number of rotatable bonds is 4. The molecule has 4 rings (SSSR count).